The van der Waals surface area contributed by atoms with Gasteiger partial charge in [-0.05, 0) is 153 Å². The van der Waals surface area contributed by atoms with Crippen LogP contribution in [0.25, 0.3) is 0 Å². The minimum Gasteiger partial charge on any atom is -0.415 e. The molecule has 0 bridgehead atoms. The number of fused-ring (bicyclic) bond motifs is 5. The van der Waals surface area contributed by atoms with Crippen LogP contribution in [-0.4, -0.2) is 70.5 Å². The molecule has 0 aromatic carbocycles. The van der Waals surface area contributed by atoms with Crippen molar-refractivity contribution in [3.63, 3.8) is 0 Å². The normalized spacial score (nSPS) is 38.1. The van der Waals surface area contributed by atoms with Crippen molar-refractivity contribution in [2.45, 2.75) is 155 Å². The molecule has 0 N–H and O–H groups in total. The lowest BCUT2D eigenvalue weighted by atomic mass is 9.45. The standard InChI is InChI=1S/C34H67NO5Si4/c1-32-20-18-26(35-36-3)22-25(32)16-17-27-28-19-21-34(40-44(13,14)15,30(39-43(10,11)12)24-37-41(4,5)6)33(28,2)23-29(31(27)32)38-42(7,8)9/h22,27-31H,16-21,23-24H2,1-15H3/b35-26+/t27-,28-,29-,30+,31+,32-,33-,34-/m0/s1. The van der Waals surface area contributed by atoms with Crippen LogP contribution in [0, 0.1) is 28.6 Å². The van der Waals surface area contributed by atoms with E-state index in [9.17, 15) is 0 Å². The van der Waals surface area contributed by atoms with Crippen molar-refractivity contribution in [1.29, 1.82) is 0 Å². The van der Waals surface area contributed by atoms with E-state index in [4.69, 9.17) is 22.5 Å². The summed E-state index contributed by atoms with van der Waals surface area (Å²) >= 11 is 0. The van der Waals surface area contributed by atoms with E-state index in [0.717, 1.165) is 37.8 Å². The maximum absolute atomic E-state index is 7.65. The summed E-state index contributed by atoms with van der Waals surface area (Å²) in [5.41, 5.74) is 2.36. The summed E-state index contributed by atoms with van der Waals surface area (Å²) in [5.74, 6) is 1.70. The topological polar surface area (TPSA) is 58.5 Å². The molecule has 0 saturated heterocycles. The van der Waals surface area contributed by atoms with Gasteiger partial charge in [-0.2, -0.15) is 0 Å². The van der Waals surface area contributed by atoms with Crippen molar-refractivity contribution < 1.29 is 22.5 Å². The molecule has 10 heteroatoms. The minimum absolute atomic E-state index is 0.0548. The van der Waals surface area contributed by atoms with Crippen LogP contribution >= 0.6 is 0 Å². The molecular formula is C34H67NO5Si4. The molecule has 4 aliphatic carbocycles. The van der Waals surface area contributed by atoms with Gasteiger partial charge in [0.1, 0.15) is 7.11 Å². The van der Waals surface area contributed by atoms with Crippen LogP contribution < -0.4 is 0 Å². The first kappa shape index (κ1) is 36.7. The van der Waals surface area contributed by atoms with Gasteiger partial charge in [0.05, 0.1) is 24.0 Å². The lowest BCUT2D eigenvalue weighted by Crippen LogP contribution is -2.67. The summed E-state index contributed by atoms with van der Waals surface area (Å²) in [6.45, 7) is 33.9. The molecule has 6 nitrogen and oxygen atoms in total. The van der Waals surface area contributed by atoms with Gasteiger partial charge in [-0.1, -0.05) is 24.6 Å². The van der Waals surface area contributed by atoms with Gasteiger partial charge in [0.2, 0.25) is 0 Å². The SMILES string of the molecule is CO/N=C1/C=C2CC[C@@H]3[C@H]([C@@H](O[Si](C)(C)C)C[C@@]4(C)[C@H]3CC[C@]4(O[Si](C)(C)C)[C@@H](CO[Si](C)(C)C)O[Si](C)(C)C)[C@@]2(C)CC1. The zero-order chi connectivity index (χ0) is 33.1. The van der Waals surface area contributed by atoms with Crippen molar-refractivity contribution in [1.82, 2.24) is 0 Å². The molecule has 0 heterocycles. The Bertz CT molecular complexity index is 1100. The maximum atomic E-state index is 7.65. The molecule has 0 aromatic rings. The molecule has 3 saturated carbocycles. The van der Waals surface area contributed by atoms with Crippen LogP contribution in [-0.2, 0) is 22.5 Å². The molecule has 0 unspecified atom stereocenters. The fourth-order valence-corrected chi connectivity index (χ4v) is 14.2. The monoisotopic (exact) mass is 681 g/mol. The fraction of sp³-hybridized carbons (Fsp3) is 0.912. The molecule has 0 amide bonds. The third kappa shape index (κ3) is 7.63. The smallest absolute Gasteiger partial charge is 0.184 e. The minimum atomic E-state index is -1.98. The highest BCUT2D eigenvalue weighted by Gasteiger charge is 2.70. The van der Waals surface area contributed by atoms with Crippen LogP contribution in [0.15, 0.2) is 16.8 Å². The Labute approximate surface area is 275 Å². The van der Waals surface area contributed by atoms with Crippen molar-refractivity contribution in [2.75, 3.05) is 13.7 Å². The number of hydrogen-bond acceptors (Lipinski definition) is 6. The van der Waals surface area contributed by atoms with Crippen LogP contribution in [0.5, 0.6) is 0 Å². The van der Waals surface area contributed by atoms with E-state index in [2.05, 4.69) is 104 Å². The Hall–Kier alpha value is -0.0825. The van der Waals surface area contributed by atoms with Crippen LogP contribution in [0.2, 0.25) is 78.6 Å². The van der Waals surface area contributed by atoms with Crippen molar-refractivity contribution in [2.24, 2.45) is 33.7 Å². The maximum Gasteiger partial charge on any atom is 0.184 e. The van der Waals surface area contributed by atoms with Crippen LogP contribution in [0.3, 0.4) is 0 Å². The third-order valence-corrected chi connectivity index (χ3v) is 15.0. The van der Waals surface area contributed by atoms with E-state index >= 15 is 0 Å². The Balaban J connectivity index is 1.86. The summed E-state index contributed by atoms with van der Waals surface area (Å²) < 4.78 is 29.1. The third-order valence-electron chi connectivity index (χ3n) is 11.0. The van der Waals surface area contributed by atoms with Gasteiger partial charge in [-0.15, -0.1) is 0 Å². The van der Waals surface area contributed by atoms with E-state index in [1.165, 1.54) is 12.8 Å². The van der Waals surface area contributed by atoms with Gasteiger partial charge in [0.25, 0.3) is 0 Å². The summed E-state index contributed by atoms with van der Waals surface area (Å²) in [6, 6.07) is 0. The first-order valence-electron chi connectivity index (χ1n) is 17.4. The largest absolute Gasteiger partial charge is 0.415 e. The molecular weight excluding hydrogens is 615 g/mol. The average Bonchev–Trinajstić information content (AvgIpc) is 3.10. The van der Waals surface area contributed by atoms with Gasteiger partial charge in [-0.25, -0.2) is 0 Å². The van der Waals surface area contributed by atoms with Crippen LogP contribution in [0.4, 0.5) is 0 Å². The summed E-state index contributed by atoms with van der Waals surface area (Å²) in [5, 5.41) is 4.37. The second kappa shape index (κ2) is 12.4. The van der Waals surface area contributed by atoms with Crippen LogP contribution in [0.1, 0.15) is 58.8 Å². The van der Waals surface area contributed by atoms with Gasteiger partial charge in [0.15, 0.2) is 33.3 Å². The lowest BCUT2D eigenvalue weighted by molar-refractivity contribution is -0.192. The quantitative estimate of drug-likeness (QED) is 0.161. The Morgan fingerprint density at radius 1 is 0.841 bits per heavy atom. The molecule has 3 fully saturated rings. The lowest BCUT2D eigenvalue weighted by Gasteiger charge is -2.64. The predicted octanol–water partition coefficient (Wildman–Crippen LogP) is 9.44. The highest BCUT2D eigenvalue weighted by atomic mass is 28.4. The molecule has 4 aliphatic rings. The molecule has 8 atom stereocenters. The van der Waals surface area contributed by atoms with Crippen molar-refractivity contribution >= 4 is 39.0 Å². The highest BCUT2D eigenvalue weighted by Crippen LogP contribution is 2.70. The molecule has 44 heavy (non-hydrogen) atoms. The molecule has 4 rings (SSSR count). The number of oxime groups is 1. The highest BCUT2D eigenvalue weighted by molar-refractivity contribution is 6.71. The molecule has 254 valence electrons. The first-order valence-corrected chi connectivity index (χ1v) is 31.1. The Kier molecular flexibility index (Phi) is 10.4. The second-order valence-electron chi connectivity index (χ2n) is 18.9. The summed E-state index contributed by atoms with van der Waals surface area (Å²) in [7, 11) is -5.85. The summed E-state index contributed by atoms with van der Waals surface area (Å²) in [6.07, 6.45) is 10.3. The van der Waals surface area contributed by atoms with E-state index in [1.807, 2.05) is 0 Å². The first-order chi connectivity index (χ1) is 19.9. The van der Waals surface area contributed by atoms with Crippen molar-refractivity contribution in [3.05, 3.63) is 11.6 Å². The Morgan fingerprint density at radius 2 is 1.50 bits per heavy atom. The molecule has 0 spiro atoms. The van der Waals surface area contributed by atoms with Gasteiger partial charge in [0, 0.05) is 11.5 Å². The summed E-state index contributed by atoms with van der Waals surface area (Å²) in [4.78, 5) is 5.21. The van der Waals surface area contributed by atoms with E-state index in [0.29, 0.717) is 24.4 Å². The van der Waals surface area contributed by atoms with E-state index in [-0.39, 0.29) is 28.6 Å². The van der Waals surface area contributed by atoms with Gasteiger partial charge in [-0.3, -0.25) is 0 Å². The Morgan fingerprint density at radius 3 is 2.05 bits per heavy atom. The van der Waals surface area contributed by atoms with E-state index in [1.54, 1.807) is 12.7 Å². The second-order valence-corrected chi connectivity index (χ2v) is 36.7. The predicted molar refractivity (Wildman–Crippen MR) is 194 cm³/mol. The molecule has 0 radical (unpaired) electrons. The number of rotatable bonds is 11. The number of allylic oxidation sites excluding steroid dienone is 2. The van der Waals surface area contributed by atoms with E-state index < -0.39 is 33.3 Å². The molecule has 0 aliphatic heterocycles. The zero-order valence-electron chi connectivity index (χ0n) is 31.1. The number of nitrogens with zero attached hydrogens (tertiary/aromatic N) is 1. The van der Waals surface area contributed by atoms with Crippen molar-refractivity contribution in [3.8, 4) is 0 Å². The fourth-order valence-electron chi connectivity index (χ4n) is 9.76. The average molecular weight is 682 g/mol. The molecule has 0 aromatic heterocycles. The van der Waals surface area contributed by atoms with Gasteiger partial charge < -0.3 is 22.5 Å². The van der Waals surface area contributed by atoms with Gasteiger partial charge >= 0.3 is 0 Å². The zero-order valence-corrected chi connectivity index (χ0v) is 35.1. The number of hydrogen-bond donors (Lipinski definition) is 0.